The van der Waals surface area contributed by atoms with Crippen molar-refractivity contribution in [2.24, 2.45) is 0 Å². The Balaban J connectivity index is 2.61. The van der Waals surface area contributed by atoms with E-state index >= 15 is 0 Å². The summed E-state index contributed by atoms with van der Waals surface area (Å²) in [5.74, 6) is -1.84. The van der Waals surface area contributed by atoms with E-state index in [1.165, 1.54) is 12.1 Å². The number of amides is 2. The lowest BCUT2D eigenvalue weighted by Gasteiger charge is -2.11. The number of ether oxygens (including phenoxy) is 1. The number of carbonyl (C=O) groups excluding carboxylic acids is 3. The molecule has 0 spiro atoms. The van der Waals surface area contributed by atoms with E-state index in [0.717, 1.165) is 6.42 Å². The maximum Gasteiger partial charge on any atom is 0.338 e. The highest BCUT2D eigenvalue weighted by Gasteiger charge is 2.15. The van der Waals surface area contributed by atoms with Gasteiger partial charge in [0.15, 0.2) is 0 Å². The minimum Gasteiger partial charge on any atom is -0.462 e. The van der Waals surface area contributed by atoms with Gasteiger partial charge in [-0.25, -0.2) is 4.79 Å². The summed E-state index contributed by atoms with van der Waals surface area (Å²) in [6.07, 6.45) is 0.743. The number of carbonyl (C=O) groups is 3. The molecule has 114 valence electrons. The highest BCUT2D eigenvalue weighted by Crippen LogP contribution is 2.10. The quantitative estimate of drug-likeness (QED) is 0.639. The van der Waals surface area contributed by atoms with Gasteiger partial charge >= 0.3 is 17.8 Å². The Morgan fingerprint density at radius 2 is 1.71 bits per heavy atom. The molecule has 0 bridgehead atoms. The molecule has 0 aromatic heterocycles. The van der Waals surface area contributed by atoms with Crippen molar-refractivity contribution in [2.75, 3.05) is 11.9 Å². The van der Waals surface area contributed by atoms with Crippen LogP contribution in [0.2, 0.25) is 0 Å². The Bertz CT molecular complexity index is 511. The lowest BCUT2D eigenvalue weighted by Crippen LogP contribution is -2.40. The fourth-order valence-corrected chi connectivity index (χ4v) is 1.48. The lowest BCUT2D eigenvalue weighted by molar-refractivity contribution is -0.136. The standard InChI is InChI=1S/C15H20N2O4/c1-4-10(3)16-13(18)14(19)17-12-8-6-11(7-9-12)15(20)21-5-2/h6-10H,4-5H2,1-3H3,(H,16,18)(H,17,19)/t10-/m1/s1. The van der Waals surface area contributed by atoms with E-state index in [2.05, 4.69) is 10.6 Å². The van der Waals surface area contributed by atoms with Crippen molar-refractivity contribution in [3.05, 3.63) is 29.8 Å². The van der Waals surface area contributed by atoms with Crippen molar-refractivity contribution in [3.8, 4) is 0 Å². The second-order valence-corrected chi connectivity index (χ2v) is 4.53. The Morgan fingerprint density at radius 1 is 1.10 bits per heavy atom. The third kappa shape index (κ3) is 5.25. The smallest absolute Gasteiger partial charge is 0.338 e. The van der Waals surface area contributed by atoms with Crippen molar-refractivity contribution < 1.29 is 19.1 Å². The molecule has 1 aromatic rings. The predicted molar refractivity (Wildman–Crippen MR) is 78.9 cm³/mol. The van der Waals surface area contributed by atoms with E-state index in [4.69, 9.17) is 4.74 Å². The van der Waals surface area contributed by atoms with Gasteiger partial charge in [-0.3, -0.25) is 9.59 Å². The monoisotopic (exact) mass is 292 g/mol. The first-order chi connectivity index (χ1) is 9.97. The fraction of sp³-hybridized carbons (Fsp3) is 0.400. The summed E-state index contributed by atoms with van der Waals surface area (Å²) in [6, 6.07) is 6.08. The summed E-state index contributed by atoms with van der Waals surface area (Å²) in [5.41, 5.74) is 0.825. The van der Waals surface area contributed by atoms with E-state index < -0.39 is 17.8 Å². The van der Waals surface area contributed by atoms with Gasteiger partial charge in [0, 0.05) is 11.7 Å². The van der Waals surface area contributed by atoms with Crippen molar-refractivity contribution >= 4 is 23.5 Å². The summed E-state index contributed by atoms with van der Waals surface area (Å²) < 4.78 is 4.85. The normalized spacial score (nSPS) is 11.4. The van der Waals surface area contributed by atoms with Gasteiger partial charge in [0.2, 0.25) is 0 Å². The third-order valence-corrected chi connectivity index (χ3v) is 2.85. The molecule has 0 saturated heterocycles. The van der Waals surface area contributed by atoms with Crippen molar-refractivity contribution in [2.45, 2.75) is 33.2 Å². The summed E-state index contributed by atoms with van der Waals surface area (Å²) in [5, 5.41) is 5.04. The van der Waals surface area contributed by atoms with Crippen LogP contribution in [0.3, 0.4) is 0 Å². The van der Waals surface area contributed by atoms with Crippen molar-refractivity contribution in [1.82, 2.24) is 5.32 Å². The number of esters is 1. The number of nitrogens with one attached hydrogen (secondary N) is 2. The van der Waals surface area contributed by atoms with Gasteiger partial charge in [-0.15, -0.1) is 0 Å². The van der Waals surface area contributed by atoms with Crippen LogP contribution < -0.4 is 10.6 Å². The second kappa shape index (κ2) is 8.04. The van der Waals surface area contributed by atoms with Gasteiger partial charge in [0.05, 0.1) is 12.2 Å². The van der Waals surface area contributed by atoms with Gasteiger partial charge in [-0.2, -0.15) is 0 Å². The molecule has 6 nitrogen and oxygen atoms in total. The first-order valence-electron chi connectivity index (χ1n) is 6.87. The average Bonchev–Trinajstić information content (AvgIpc) is 2.47. The Morgan fingerprint density at radius 3 is 2.24 bits per heavy atom. The topological polar surface area (TPSA) is 84.5 Å². The molecule has 0 radical (unpaired) electrons. The number of benzene rings is 1. The van der Waals surface area contributed by atoms with Crippen LogP contribution in [0.4, 0.5) is 5.69 Å². The molecule has 0 heterocycles. The van der Waals surface area contributed by atoms with E-state index in [9.17, 15) is 14.4 Å². The first kappa shape index (κ1) is 16.7. The number of rotatable bonds is 5. The zero-order valence-electron chi connectivity index (χ0n) is 12.4. The zero-order chi connectivity index (χ0) is 15.8. The molecule has 0 saturated carbocycles. The molecule has 0 fully saturated rings. The maximum absolute atomic E-state index is 11.7. The third-order valence-electron chi connectivity index (χ3n) is 2.85. The molecule has 0 aliphatic rings. The van der Waals surface area contributed by atoms with E-state index in [0.29, 0.717) is 17.9 Å². The van der Waals surface area contributed by atoms with Gasteiger partial charge in [0.1, 0.15) is 0 Å². The van der Waals surface area contributed by atoms with Crippen LogP contribution in [-0.4, -0.2) is 30.4 Å². The minimum absolute atomic E-state index is 0.0607. The van der Waals surface area contributed by atoms with Crippen LogP contribution >= 0.6 is 0 Å². The summed E-state index contributed by atoms with van der Waals surface area (Å²) in [6.45, 7) is 5.76. The van der Waals surface area contributed by atoms with Gasteiger partial charge in [-0.05, 0) is 44.5 Å². The van der Waals surface area contributed by atoms with Crippen molar-refractivity contribution in [3.63, 3.8) is 0 Å². The number of hydrogen-bond donors (Lipinski definition) is 2. The van der Waals surface area contributed by atoms with E-state index in [1.807, 2.05) is 13.8 Å². The lowest BCUT2D eigenvalue weighted by atomic mass is 10.2. The van der Waals surface area contributed by atoms with Crippen LogP contribution in [0.1, 0.15) is 37.6 Å². The number of anilines is 1. The molecule has 6 heteroatoms. The van der Waals surface area contributed by atoms with E-state index in [-0.39, 0.29) is 6.04 Å². The van der Waals surface area contributed by atoms with Crippen LogP contribution in [0.25, 0.3) is 0 Å². The molecule has 0 unspecified atom stereocenters. The predicted octanol–water partition coefficient (Wildman–Crippen LogP) is 1.72. The van der Waals surface area contributed by atoms with Crippen LogP contribution in [0.15, 0.2) is 24.3 Å². The number of hydrogen-bond acceptors (Lipinski definition) is 4. The summed E-state index contributed by atoms with van der Waals surface area (Å²) in [4.78, 5) is 34.7. The summed E-state index contributed by atoms with van der Waals surface area (Å²) >= 11 is 0. The van der Waals surface area contributed by atoms with Crippen molar-refractivity contribution in [1.29, 1.82) is 0 Å². The SMILES string of the molecule is CCOC(=O)c1ccc(NC(=O)C(=O)N[C@H](C)CC)cc1. The van der Waals surface area contributed by atoms with Crippen LogP contribution in [-0.2, 0) is 14.3 Å². The fourth-order valence-electron chi connectivity index (χ4n) is 1.48. The second-order valence-electron chi connectivity index (χ2n) is 4.53. The van der Waals surface area contributed by atoms with E-state index in [1.54, 1.807) is 19.1 Å². The average molecular weight is 292 g/mol. The molecule has 1 atom stereocenters. The molecule has 1 aromatic carbocycles. The molecule has 2 N–H and O–H groups in total. The highest BCUT2D eigenvalue weighted by molar-refractivity contribution is 6.39. The first-order valence-corrected chi connectivity index (χ1v) is 6.87. The zero-order valence-corrected chi connectivity index (χ0v) is 12.4. The molecule has 1 rings (SSSR count). The Labute approximate surface area is 123 Å². The molecular weight excluding hydrogens is 272 g/mol. The Kier molecular flexibility index (Phi) is 6.39. The largest absolute Gasteiger partial charge is 0.462 e. The molecular formula is C15H20N2O4. The van der Waals surface area contributed by atoms with Gasteiger partial charge in [0.25, 0.3) is 0 Å². The molecule has 0 aliphatic carbocycles. The minimum atomic E-state index is -0.737. The van der Waals surface area contributed by atoms with Crippen LogP contribution in [0, 0.1) is 0 Å². The highest BCUT2D eigenvalue weighted by atomic mass is 16.5. The molecule has 0 aliphatic heterocycles. The van der Waals surface area contributed by atoms with Crippen LogP contribution in [0.5, 0.6) is 0 Å². The van der Waals surface area contributed by atoms with Gasteiger partial charge in [-0.1, -0.05) is 6.92 Å². The molecule has 21 heavy (non-hydrogen) atoms. The summed E-state index contributed by atoms with van der Waals surface area (Å²) in [7, 11) is 0. The maximum atomic E-state index is 11.7. The molecule has 2 amide bonds. The van der Waals surface area contributed by atoms with Gasteiger partial charge < -0.3 is 15.4 Å². The Hall–Kier alpha value is -2.37.